The molecule has 0 aliphatic carbocycles. The number of ether oxygens (including phenoxy) is 1. The van der Waals surface area contributed by atoms with Crippen molar-refractivity contribution in [3.8, 4) is 0 Å². The molecular weight excluding hydrogens is 336 g/mol. The molecule has 1 saturated heterocycles. The Labute approximate surface area is 150 Å². The lowest BCUT2D eigenvalue weighted by Gasteiger charge is -2.27. The topological polar surface area (TPSA) is 95.9 Å². The molecule has 0 bridgehead atoms. The molecule has 0 aromatic heterocycles. The van der Waals surface area contributed by atoms with Gasteiger partial charge in [0.15, 0.2) is 0 Å². The molecule has 26 heavy (non-hydrogen) atoms. The fourth-order valence-corrected chi connectivity index (χ4v) is 2.77. The largest absolute Gasteiger partial charge is 0.478 e. The van der Waals surface area contributed by atoms with Crippen LogP contribution in [-0.4, -0.2) is 54.1 Å². The molecule has 1 aliphatic rings. The molecule has 7 heteroatoms. The molecule has 0 spiro atoms. The third-order valence-electron chi connectivity index (χ3n) is 4.11. The number of benzene rings is 2. The first-order chi connectivity index (χ1) is 12.6. The number of carboxylic acid groups (broad SMARTS) is 1. The molecule has 2 aromatic carbocycles. The predicted octanol–water partition coefficient (Wildman–Crippen LogP) is 2.11. The lowest BCUT2D eigenvalue weighted by molar-refractivity contribution is 0.0303. The lowest BCUT2D eigenvalue weighted by atomic mass is 10.1. The molecule has 2 N–H and O–H groups in total. The van der Waals surface area contributed by atoms with Crippen molar-refractivity contribution < 1.29 is 24.2 Å². The van der Waals surface area contributed by atoms with Crippen LogP contribution in [0.5, 0.6) is 0 Å². The van der Waals surface area contributed by atoms with Gasteiger partial charge in [0.05, 0.1) is 35.6 Å². The number of amides is 2. The zero-order chi connectivity index (χ0) is 18.5. The molecule has 7 nitrogen and oxygen atoms in total. The summed E-state index contributed by atoms with van der Waals surface area (Å²) in [6.45, 7) is 1.93. The van der Waals surface area contributed by atoms with E-state index in [1.807, 2.05) is 0 Å². The number of morpholine rings is 1. The summed E-state index contributed by atoms with van der Waals surface area (Å²) in [6.07, 6.45) is 0. The maximum Gasteiger partial charge on any atom is 0.336 e. The number of nitrogens with one attached hydrogen (secondary N) is 1. The monoisotopic (exact) mass is 354 g/mol. The van der Waals surface area contributed by atoms with Crippen molar-refractivity contribution in [3.05, 3.63) is 65.2 Å². The number of hydrogen-bond acceptors (Lipinski definition) is 4. The Kier molecular flexibility index (Phi) is 5.28. The van der Waals surface area contributed by atoms with Crippen LogP contribution in [0.15, 0.2) is 48.5 Å². The van der Waals surface area contributed by atoms with Crippen molar-refractivity contribution in [1.29, 1.82) is 0 Å². The zero-order valence-electron chi connectivity index (χ0n) is 14.0. The van der Waals surface area contributed by atoms with Gasteiger partial charge in [-0.2, -0.15) is 0 Å². The Morgan fingerprint density at radius 1 is 0.885 bits per heavy atom. The summed E-state index contributed by atoms with van der Waals surface area (Å²) in [5.41, 5.74) is 0.639. The fourth-order valence-electron chi connectivity index (χ4n) is 2.77. The van der Waals surface area contributed by atoms with Gasteiger partial charge in [0.1, 0.15) is 0 Å². The highest BCUT2D eigenvalue weighted by molar-refractivity contribution is 6.13. The number of para-hydroxylation sites is 1. The third-order valence-corrected chi connectivity index (χ3v) is 4.11. The van der Waals surface area contributed by atoms with Crippen molar-refractivity contribution in [3.63, 3.8) is 0 Å². The number of rotatable bonds is 4. The van der Waals surface area contributed by atoms with E-state index < -0.39 is 11.9 Å². The van der Waals surface area contributed by atoms with Crippen LogP contribution in [0, 0.1) is 0 Å². The minimum Gasteiger partial charge on any atom is -0.478 e. The van der Waals surface area contributed by atoms with Crippen LogP contribution < -0.4 is 5.32 Å². The van der Waals surface area contributed by atoms with Crippen molar-refractivity contribution in [2.75, 3.05) is 31.6 Å². The molecule has 0 unspecified atom stereocenters. The van der Waals surface area contributed by atoms with E-state index in [9.17, 15) is 19.5 Å². The summed E-state index contributed by atoms with van der Waals surface area (Å²) in [5, 5.41) is 11.9. The molecule has 1 aliphatic heterocycles. The fraction of sp³-hybridized carbons (Fsp3) is 0.211. The van der Waals surface area contributed by atoms with E-state index in [4.69, 9.17) is 4.74 Å². The Hall–Kier alpha value is -3.19. The van der Waals surface area contributed by atoms with Gasteiger partial charge < -0.3 is 20.1 Å². The number of nitrogens with zero attached hydrogens (tertiary/aromatic N) is 1. The molecular formula is C19H18N2O5. The lowest BCUT2D eigenvalue weighted by Crippen LogP contribution is -2.41. The maximum absolute atomic E-state index is 12.7. The molecule has 1 fully saturated rings. The highest BCUT2D eigenvalue weighted by Crippen LogP contribution is 2.20. The van der Waals surface area contributed by atoms with Gasteiger partial charge in [-0.05, 0) is 24.3 Å². The number of carboxylic acids is 1. The summed E-state index contributed by atoms with van der Waals surface area (Å²) in [6, 6.07) is 12.6. The van der Waals surface area contributed by atoms with Crippen molar-refractivity contribution in [2.45, 2.75) is 0 Å². The van der Waals surface area contributed by atoms with Gasteiger partial charge >= 0.3 is 5.97 Å². The summed E-state index contributed by atoms with van der Waals surface area (Å²) < 4.78 is 5.25. The SMILES string of the molecule is O=C(O)c1ccccc1C(=O)Nc1ccccc1C(=O)N1CCOCC1. The number of carbonyl (C=O) groups excluding carboxylic acids is 2. The van der Waals surface area contributed by atoms with E-state index in [1.54, 1.807) is 41.3 Å². The molecule has 2 aromatic rings. The van der Waals surface area contributed by atoms with Gasteiger partial charge in [0, 0.05) is 13.1 Å². The van der Waals surface area contributed by atoms with E-state index in [-0.39, 0.29) is 17.0 Å². The summed E-state index contributed by atoms with van der Waals surface area (Å²) in [7, 11) is 0. The van der Waals surface area contributed by atoms with Gasteiger partial charge in [-0.25, -0.2) is 4.79 Å². The highest BCUT2D eigenvalue weighted by Gasteiger charge is 2.22. The first kappa shape index (κ1) is 17.6. The highest BCUT2D eigenvalue weighted by atomic mass is 16.5. The van der Waals surface area contributed by atoms with Crippen molar-refractivity contribution >= 4 is 23.5 Å². The molecule has 0 saturated carbocycles. The number of aromatic carboxylic acids is 1. The first-order valence-corrected chi connectivity index (χ1v) is 8.17. The van der Waals surface area contributed by atoms with Crippen LogP contribution >= 0.6 is 0 Å². The summed E-state index contributed by atoms with van der Waals surface area (Å²) >= 11 is 0. The summed E-state index contributed by atoms with van der Waals surface area (Å²) in [5.74, 6) is -1.96. The molecule has 134 valence electrons. The van der Waals surface area contributed by atoms with Crippen LogP contribution in [0.1, 0.15) is 31.1 Å². The van der Waals surface area contributed by atoms with E-state index in [0.29, 0.717) is 37.6 Å². The average molecular weight is 354 g/mol. The average Bonchev–Trinajstić information content (AvgIpc) is 2.68. The third kappa shape index (κ3) is 3.73. The van der Waals surface area contributed by atoms with E-state index in [1.165, 1.54) is 12.1 Å². The van der Waals surface area contributed by atoms with E-state index in [2.05, 4.69) is 5.32 Å². The van der Waals surface area contributed by atoms with Crippen LogP contribution in [0.25, 0.3) is 0 Å². The van der Waals surface area contributed by atoms with Crippen LogP contribution in [0.3, 0.4) is 0 Å². The van der Waals surface area contributed by atoms with Crippen molar-refractivity contribution in [2.24, 2.45) is 0 Å². The predicted molar refractivity (Wildman–Crippen MR) is 94.5 cm³/mol. The zero-order valence-corrected chi connectivity index (χ0v) is 14.0. The Morgan fingerprint density at radius 2 is 1.46 bits per heavy atom. The quantitative estimate of drug-likeness (QED) is 0.877. The van der Waals surface area contributed by atoms with Crippen LogP contribution in [-0.2, 0) is 4.74 Å². The van der Waals surface area contributed by atoms with E-state index in [0.717, 1.165) is 0 Å². The number of carbonyl (C=O) groups is 3. The van der Waals surface area contributed by atoms with Gasteiger partial charge in [-0.1, -0.05) is 24.3 Å². The normalized spacial score (nSPS) is 13.9. The first-order valence-electron chi connectivity index (χ1n) is 8.17. The smallest absolute Gasteiger partial charge is 0.336 e. The second-order valence-corrected chi connectivity index (χ2v) is 5.76. The number of anilines is 1. The summed E-state index contributed by atoms with van der Waals surface area (Å²) in [4.78, 5) is 38.3. The second-order valence-electron chi connectivity index (χ2n) is 5.76. The standard InChI is InChI=1S/C19H18N2O5/c22-17(13-5-1-2-6-14(13)19(24)25)20-16-8-4-3-7-15(16)18(23)21-9-11-26-12-10-21/h1-8H,9-12H2,(H,20,22)(H,24,25). The molecule has 3 rings (SSSR count). The van der Waals surface area contributed by atoms with E-state index >= 15 is 0 Å². The molecule has 2 amide bonds. The van der Waals surface area contributed by atoms with Gasteiger partial charge in [-0.3, -0.25) is 9.59 Å². The van der Waals surface area contributed by atoms with Gasteiger partial charge in [0.25, 0.3) is 11.8 Å². The second kappa shape index (κ2) is 7.79. The van der Waals surface area contributed by atoms with Crippen LogP contribution in [0.2, 0.25) is 0 Å². The van der Waals surface area contributed by atoms with Crippen molar-refractivity contribution in [1.82, 2.24) is 4.90 Å². The molecule has 0 atom stereocenters. The van der Waals surface area contributed by atoms with Crippen LogP contribution in [0.4, 0.5) is 5.69 Å². The van der Waals surface area contributed by atoms with Gasteiger partial charge in [-0.15, -0.1) is 0 Å². The van der Waals surface area contributed by atoms with Gasteiger partial charge in [0.2, 0.25) is 0 Å². The maximum atomic E-state index is 12.7. The minimum absolute atomic E-state index is 0.0358. The Balaban J connectivity index is 1.86. The molecule has 0 radical (unpaired) electrons. The minimum atomic E-state index is -1.19. The number of hydrogen-bond donors (Lipinski definition) is 2. The molecule has 1 heterocycles. The Bertz CT molecular complexity index is 843. The Morgan fingerprint density at radius 3 is 2.12 bits per heavy atom.